The standard InChI is InChI=1S/C6H9BN4OS/c1-2-3-4(8)9-6(13)10-5(3)11-7(2)12/h2,12H,1H3,(H4,8,9,10,11,13). The molecule has 0 aliphatic carbocycles. The molecule has 0 radical (unpaired) electrons. The summed E-state index contributed by atoms with van der Waals surface area (Å²) in [5, 5.41) is 12.3. The van der Waals surface area contributed by atoms with Crippen LogP contribution in [-0.2, 0) is 0 Å². The predicted octanol–water partition coefficient (Wildman–Crippen LogP) is 0.270. The topological polar surface area (TPSA) is 87.0 Å². The Hall–Kier alpha value is -1.08. The van der Waals surface area contributed by atoms with Crippen LogP contribution in [0.15, 0.2) is 0 Å². The van der Waals surface area contributed by atoms with Gasteiger partial charge in [-0.1, -0.05) is 6.92 Å². The Morgan fingerprint density at radius 2 is 2.38 bits per heavy atom. The second-order valence-electron chi connectivity index (χ2n) is 3.10. The summed E-state index contributed by atoms with van der Waals surface area (Å²) in [5.74, 6) is 1.00. The maximum absolute atomic E-state index is 9.48. The van der Waals surface area contributed by atoms with E-state index in [1.165, 1.54) is 0 Å². The Labute approximate surface area is 80.5 Å². The number of hydrogen-bond donors (Lipinski definition) is 4. The lowest BCUT2D eigenvalue weighted by molar-refractivity contribution is 0.567. The van der Waals surface area contributed by atoms with Gasteiger partial charge >= 0.3 is 7.05 Å². The van der Waals surface area contributed by atoms with Gasteiger partial charge in [0.05, 0.1) is 0 Å². The lowest BCUT2D eigenvalue weighted by atomic mass is 9.69. The number of aromatic nitrogens is 2. The fourth-order valence-corrected chi connectivity index (χ4v) is 1.69. The summed E-state index contributed by atoms with van der Waals surface area (Å²) in [6.45, 7) is 1.87. The lowest BCUT2D eigenvalue weighted by Crippen LogP contribution is -2.24. The van der Waals surface area contributed by atoms with Crippen LogP contribution in [0.1, 0.15) is 18.3 Å². The maximum Gasteiger partial charge on any atom is 0.419 e. The molecule has 2 heterocycles. The molecule has 0 saturated heterocycles. The smallest absolute Gasteiger partial charge is 0.419 e. The van der Waals surface area contributed by atoms with E-state index in [-0.39, 0.29) is 5.82 Å². The molecule has 13 heavy (non-hydrogen) atoms. The third-order valence-corrected chi connectivity index (χ3v) is 2.41. The highest BCUT2D eigenvalue weighted by molar-refractivity contribution is 7.71. The number of hydrogen-bond acceptors (Lipinski definition) is 5. The first-order valence-electron chi connectivity index (χ1n) is 3.94. The van der Waals surface area contributed by atoms with Crippen LogP contribution in [0.25, 0.3) is 0 Å². The van der Waals surface area contributed by atoms with Gasteiger partial charge in [-0.3, -0.25) is 0 Å². The normalized spacial score (nSPS) is 19.8. The van der Waals surface area contributed by atoms with Gasteiger partial charge in [0.15, 0.2) is 4.77 Å². The van der Waals surface area contributed by atoms with Crippen LogP contribution in [0.3, 0.4) is 0 Å². The van der Waals surface area contributed by atoms with Crippen molar-refractivity contribution in [3.63, 3.8) is 0 Å². The van der Waals surface area contributed by atoms with Crippen LogP contribution in [0.4, 0.5) is 11.6 Å². The van der Waals surface area contributed by atoms with E-state index in [0.29, 0.717) is 16.4 Å². The van der Waals surface area contributed by atoms with Crippen LogP contribution < -0.4 is 11.0 Å². The third-order valence-electron chi connectivity index (χ3n) is 2.21. The van der Waals surface area contributed by atoms with Crippen molar-refractivity contribution >= 4 is 30.9 Å². The van der Waals surface area contributed by atoms with E-state index in [0.717, 1.165) is 5.56 Å². The first-order chi connectivity index (χ1) is 6.09. The fraction of sp³-hybridized carbons (Fsp3) is 0.333. The highest BCUT2D eigenvalue weighted by Crippen LogP contribution is 2.33. The first kappa shape index (κ1) is 8.52. The Balaban J connectivity index is 2.64. The van der Waals surface area contributed by atoms with Gasteiger partial charge in [-0.2, -0.15) is 0 Å². The molecule has 2 rings (SSSR count). The summed E-state index contributed by atoms with van der Waals surface area (Å²) in [5.41, 5.74) is 6.52. The predicted molar refractivity (Wildman–Crippen MR) is 53.8 cm³/mol. The molecule has 0 bridgehead atoms. The molecule has 0 amide bonds. The summed E-state index contributed by atoms with van der Waals surface area (Å²) in [6, 6.07) is 0. The Morgan fingerprint density at radius 3 is 3.08 bits per heavy atom. The maximum atomic E-state index is 9.48. The van der Waals surface area contributed by atoms with Crippen molar-refractivity contribution in [2.75, 3.05) is 11.0 Å². The molecular formula is C6H9BN4OS. The van der Waals surface area contributed by atoms with Crippen LogP contribution in [0.5, 0.6) is 0 Å². The van der Waals surface area contributed by atoms with Gasteiger partial charge in [0, 0.05) is 11.4 Å². The minimum absolute atomic E-state index is 0.0608. The Morgan fingerprint density at radius 1 is 1.69 bits per heavy atom. The van der Waals surface area contributed by atoms with E-state index < -0.39 is 7.05 Å². The zero-order valence-corrected chi connectivity index (χ0v) is 7.85. The number of nitrogens with zero attached hydrogens (tertiary/aromatic N) is 1. The van der Waals surface area contributed by atoms with Gasteiger partial charge in [-0.05, 0) is 12.2 Å². The second kappa shape index (κ2) is 2.71. The summed E-state index contributed by atoms with van der Waals surface area (Å²) < 4.78 is 0.324. The second-order valence-corrected chi connectivity index (χ2v) is 3.48. The minimum Gasteiger partial charge on any atom is -0.432 e. The molecule has 0 aromatic carbocycles. The van der Waals surface area contributed by atoms with Crippen LogP contribution in [0.2, 0.25) is 0 Å². The SMILES string of the molecule is CC1B(O)Nc2nc(=S)[nH]c(N)c21. The van der Waals surface area contributed by atoms with Crippen LogP contribution >= 0.6 is 12.2 Å². The van der Waals surface area contributed by atoms with E-state index in [1.807, 2.05) is 6.92 Å². The van der Waals surface area contributed by atoms with Gasteiger partial charge < -0.3 is 21.0 Å². The van der Waals surface area contributed by atoms with Crippen LogP contribution in [-0.4, -0.2) is 22.0 Å². The molecule has 1 aromatic heterocycles. The highest BCUT2D eigenvalue weighted by atomic mass is 32.1. The van der Waals surface area contributed by atoms with E-state index in [9.17, 15) is 5.02 Å². The molecular weight excluding hydrogens is 187 g/mol. The van der Waals surface area contributed by atoms with Gasteiger partial charge in [0.1, 0.15) is 11.6 Å². The molecule has 1 aromatic rings. The van der Waals surface area contributed by atoms with Gasteiger partial charge in [0.25, 0.3) is 0 Å². The number of anilines is 2. The van der Waals surface area contributed by atoms with Crippen molar-refractivity contribution in [2.24, 2.45) is 0 Å². The molecule has 5 N–H and O–H groups in total. The summed E-state index contributed by atoms with van der Waals surface area (Å²) in [6.07, 6.45) is 0. The monoisotopic (exact) mass is 196 g/mol. The van der Waals surface area contributed by atoms with Gasteiger partial charge in [-0.15, -0.1) is 0 Å². The van der Waals surface area contributed by atoms with Crippen LogP contribution in [0, 0.1) is 4.77 Å². The summed E-state index contributed by atoms with van der Waals surface area (Å²) >= 11 is 4.85. The molecule has 1 aliphatic rings. The molecule has 0 saturated carbocycles. The Kier molecular flexibility index (Phi) is 1.78. The van der Waals surface area contributed by atoms with Crippen molar-refractivity contribution < 1.29 is 5.02 Å². The van der Waals surface area contributed by atoms with Gasteiger partial charge in [-0.25, -0.2) is 4.98 Å². The molecule has 0 spiro atoms. The number of rotatable bonds is 0. The number of aromatic amines is 1. The Bertz CT molecular complexity index is 406. The van der Waals surface area contributed by atoms with Crippen molar-refractivity contribution in [1.29, 1.82) is 0 Å². The molecule has 68 valence electrons. The molecule has 1 aliphatic heterocycles. The quantitative estimate of drug-likeness (QED) is 0.353. The first-order valence-corrected chi connectivity index (χ1v) is 4.34. The zero-order chi connectivity index (χ0) is 9.59. The number of nitrogens with two attached hydrogens (primary N) is 1. The van der Waals surface area contributed by atoms with E-state index in [1.54, 1.807) is 0 Å². The lowest BCUT2D eigenvalue weighted by Gasteiger charge is -2.05. The van der Waals surface area contributed by atoms with Crippen molar-refractivity contribution in [3.8, 4) is 0 Å². The third kappa shape index (κ3) is 1.20. The fourth-order valence-electron chi connectivity index (χ4n) is 1.49. The van der Waals surface area contributed by atoms with Crippen molar-refractivity contribution in [3.05, 3.63) is 10.3 Å². The van der Waals surface area contributed by atoms with E-state index in [4.69, 9.17) is 18.0 Å². The van der Waals surface area contributed by atoms with E-state index in [2.05, 4.69) is 15.2 Å². The number of nitrogen functional groups attached to an aromatic ring is 1. The number of H-pyrrole nitrogens is 1. The molecule has 7 heteroatoms. The van der Waals surface area contributed by atoms with E-state index >= 15 is 0 Å². The summed E-state index contributed by atoms with van der Waals surface area (Å²) in [4.78, 5) is 6.78. The van der Waals surface area contributed by atoms with Crippen molar-refractivity contribution in [2.45, 2.75) is 12.7 Å². The zero-order valence-electron chi connectivity index (χ0n) is 7.03. The summed E-state index contributed by atoms with van der Waals surface area (Å²) in [7, 11) is -0.630. The average molecular weight is 196 g/mol. The number of fused-ring (bicyclic) bond motifs is 1. The number of nitrogens with one attached hydrogen (secondary N) is 2. The molecule has 5 nitrogen and oxygen atoms in total. The largest absolute Gasteiger partial charge is 0.432 e. The highest BCUT2D eigenvalue weighted by Gasteiger charge is 2.35. The molecule has 1 atom stereocenters. The molecule has 1 unspecified atom stereocenters. The molecule has 0 fully saturated rings. The van der Waals surface area contributed by atoms with Crippen molar-refractivity contribution in [1.82, 2.24) is 9.97 Å². The average Bonchev–Trinajstić information content (AvgIpc) is 2.27. The minimum atomic E-state index is -0.630. The van der Waals surface area contributed by atoms with Gasteiger partial charge in [0.2, 0.25) is 0 Å².